The van der Waals surface area contributed by atoms with Gasteiger partial charge in [-0.3, -0.25) is 4.79 Å². The molecule has 0 radical (unpaired) electrons. The first-order chi connectivity index (χ1) is 10.0. The molecule has 2 N–H and O–H groups in total. The fourth-order valence-corrected chi connectivity index (χ4v) is 2.52. The molecule has 0 aromatic heterocycles. The molecule has 1 aromatic carbocycles. The molecule has 1 aliphatic heterocycles. The fourth-order valence-electron chi connectivity index (χ4n) is 2.52. The van der Waals surface area contributed by atoms with E-state index >= 15 is 0 Å². The van der Waals surface area contributed by atoms with Gasteiger partial charge in [-0.2, -0.15) is 0 Å². The van der Waals surface area contributed by atoms with Gasteiger partial charge in [0.15, 0.2) is 0 Å². The quantitative estimate of drug-likeness (QED) is 0.896. The summed E-state index contributed by atoms with van der Waals surface area (Å²) < 4.78 is 5.17. The molecule has 2 amide bonds. The number of piperidine rings is 1. The third-order valence-electron chi connectivity index (χ3n) is 3.70. The molecular weight excluding hydrogens is 272 g/mol. The van der Waals surface area contributed by atoms with Crippen LogP contribution in [0.2, 0.25) is 0 Å². The number of amides is 2. The number of hydrogen-bond donors (Lipinski definition) is 2. The highest BCUT2D eigenvalue weighted by Crippen LogP contribution is 2.22. The van der Waals surface area contributed by atoms with E-state index in [2.05, 4.69) is 5.32 Å². The highest BCUT2D eigenvalue weighted by atomic mass is 16.5. The number of benzene rings is 1. The first-order valence-electron chi connectivity index (χ1n) is 6.94. The standard InChI is InChI=1S/C15H20N2O4/c1-10-8-12(5-6-13(10)21-2)16-15(20)17-7-3-4-11(9-17)14(18)19/h5-6,8,11H,3-4,7,9H2,1-2H3,(H,16,20)(H,18,19)/t11-/m0/s1. The Morgan fingerprint density at radius 2 is 2.19 bits per heavy atom. The number of hydrogen-bond acceptors (Lipinski definition) is 3. The zero-order valence-corrected chi connectivity index (χ0v) is 12.3. The summed E-state index contributed by atoms with van der Waals surface area (Å²) in [5, 5.41) is 11.9. The van der Waals surface area contributed by atoms with Crippen molar-refractivity contribution >= 4 is 17.7 Å². The van der Waals surface area contributed by atoms with Crippen LogP contribution in [0.15, 0.2) is 18.2 Å². The van der Waals surface area contributed by atoms with Crippen molar-refractivity contribution in [3.8, 4) is 5.75 Å². The lowest BCUT2D eigenvalue weighted by Gasteiger charge is -2.30. The summed E-state index contributed by atoms with van der Waals surface area (Å²) in [6.07, 6.45) is 1.34. The van der Waals surface area contributed by atoms with Gasteiger partial charge in [-0.05, 0) is 43.5 Å². The van der Waals surface area contributed by atoms with E-state index < -0.39 is 11.9 Å². The van der Waals surface area contributed by atoms with Crippen molar-refractivity contribution in [2.75, 3.05) is 25.5 Å². The predicted molar refractivity (Wildman–Crippen MR) is 78.7 cm³/mol. The average Bonchev–Trinajstić information content (AvgIpc) is 2.47. The van der Waals surface area contributed by atoms with Crippen molar-refractivity contribution < 1.29 is 19.4 Å². The lowest BCUT2D eigenvalue weighted by Crippen LogP contribution is -2.44. The Morgan fingerprint density at radius 1 is 1.43 bits per heavy atom. The number of urea groups is 1. The Hall–Kier alpha value is -2.24. The van der Waals surface area contributed by atoms with Gasteiger partial charge in [-0.1, -0.05) is 0 Å². The van der Waals surface area contributed by atoms with E-state index in [1.807, 2.05) is 13.0 Å². The second-order valence-corrected chi connectivity index (χ2v) is 5.24. The van der Waals surface area contributed by atoms with Gasteiger partial charge in [0.1, 0.15) is 5.75 Å². The number of carboxylic acids is 1. The molecule has 0 spiro atoms. The molecule has 21 heavy (non-hydrogen) atoms. The lowest BCUT2D eigenvalue weighted by molar-refractivity contribution is -0.143. The fraction of sp³-hybridized carbons (Fsp3) is 0.467. The van der Waals surface area contributed by atoms with Crippen molar-refractivity contribution in [3.05, 3.63) is 23.8 Å². The maximum atomic E-state index is 12.2. The third-order valence-corrected chi connectivity index (χ3v) is 3.70. The Labute approximate surface area is 123 Å². The monoisotopic (exact) mass is 292 g/mol. The molecule has 1 aromatic rings. The second-order valence-electron chi connectivity index (χ2n) is 5.24. The Morgan fingerprint density at radius 3 is 2.81 bits per heavy atom. The summed E-state index contributed by atoms with van der Waals surface area (Å²) in [6.45, 7) is 2.75. The molecule has 1 saturated heterocycles. The number of nitrogens with one attached hydrogen (secondary N) is 1. The number of rotatable bonds is 3. The summed E-state index contributed by atoms with van der Waals surface area (Å²) in [6, 6.07) is 5.13. The van der Waals surface area contributed by atoms with Crippen LogP contribution in [-0.4, -0.2) is 42.2 Å². The molecule has 1 atom stereocenters. The van der Waals surface area contributed by atoms with Crippen molar-refractivity contribution in [2.45, 2.75) is 19.8 Å². The molecule has 0 unspecified atom stereocenters. The van der Waals surface area contributed by atoms with Gasteiger partial charge in [0, 0.05) is 18.8 Å². The van der Waals surface area contributed by atoms with Gasteiger partial charge in [-0.15, -0.1) is 0 Å². The number of methoxy groups -OCH3 is 1. The molecular formula is C15H20N2O4. The Kier molecular flexibility index (Phi) is 4.67. The Bertz CT molecular complexity index is 544. The van der Waals surface area contributed by atoms with E-state index in [0.717, 1.165) is 11.3 Å². The zero-order valence-electron chi connectivity index (χ0n) is 12.3. The van der Waals surface area contributed by atoms with E-state index in [1.165, 1.54) is 0 Å². The largest absolute Gasteiger partial charge is 0.496 e. The van der Waals surface area contributed by atoms with Crippen molar-refractivity contribution in [3.63, 3.8) is 0 Å². The summed E-state index contributed by atoms with van der Waals surface area (Å²) in [7, 11) is 1.60. The minimum absolute atomic E-state index is 0.259. The van der Waals surface area contributed by atoms with Crippen LogP contribution in [0.5, 0.6) is 5.75 Å². The van der Waals surface area contributed by atoms with E-state index in [-0.39, 0.29) is 12.6 Å². The van der Waals surface area contributed by atoms with Gasteiger partial charge in [0.05, 0.1) is 13.0 Å². The SMILES string of the molecule is COc1ccc(NC(=O)N2CCC[C@H](C(=O)O)C2)cc1C. The van der Waals surface area contributed by atoms with Crippen LogP contribution in [0.3, 0.4) is 0 Å². The molecule has 6 heteroatoms. The topological polar surface area (TPSA) is 78.9 Å². The first kappa shape index (κ1) is 15.2. The number of likely N-dealkylation sites (tertiary alicyclic amines) is 1. The summed E-state index contributed by atoms with van der Waals surface area (Å²) >= 11 is 0. The van der Waals surface area contributed by atoms with Crippen LogP contribution < -0.4 is 10.1 Å². The van der Waals surface area contributed by atoms with Crippen LogP contribution in [-0.2, 0) is 4.79 Å². The molecule has 0 saturated carbocycles. The molecule has 0 aliphatic carbocycles. The van der Waals surface area contributed by atoms with E-state index in [0.29, 0.717) is 25.1 Å². The zero-order chi connectivity index (χ0) is 15.4. The highest BCUT2D eigenvalue weighted by molar-refractivity contribution is 5.90. The number of carbonyl (C=O) groups excluding carboxylic acids is 1. The average molecular weight is 292 g/mol. The van der Waals surface area contributed by atoms with Crippen LogP contribution >= 0.6 is 0 Å². The number of aryl methyl sites for hydroxylation is 1. The number of aliphatic carboxylic acids is 1. The molecule has 114 valence electrons. The minimum atomic E-state index is -0.840. The predicted octanol–water partition coefficient (Wildman–Crippen LogP) is 2.33. The van der Waals surface area contributed by atoms with E-state index in [1.54, 1.807) is 24.1 Å². The van der Waals surface area contributed by atoms with Gasteiger partial charge in [-0.25, -0.2) is 4.79 Å². The molecule has 2 rings (SSSR count). The normalized spacial score (nSPS) is 18.2. The van der Waals surface area contributed by atoms with E-state index in [4.69, 9.17) is 9.84 Å². The highest BCUT2D eigenvalue weighted by Gasteiger charge is 2.28. The first-order valence-corrected chi connectivity index (χ1v) is 6.94. The van der Waals surface area contributed by atoms with Crippen molar-refractivity contribution in [2.24, 2.45) is 5.92 Å². The van der Waals surface area contributed by atoms with E-state index in [9.17, 15) is 9.59 Å². The van der Waals surface area contributed by atoms with Crippen LogP contribution in [0.25, 0.3) is 0 Å². The summed E-state index contributed by atoms with van der Waals surface area (Å²) in [5.41, 5.74) is 1.60. The molecule has 1 aliphatic rings. The second kappa shape index (κ2) is 6.47. The maximum Gasteiger partial charge on any atom is 0.321 e. The summed E-state index contributed by atoms with van der Waals surface area (Å²) in [4.78, 5) is 24.8. The molecule has 1 heterocycles. The number of anilines is 1. The van der Waals surface area contributed by atoms with Gasteiger partial charge < -0.3 is 20.1 Å². The van der Waals surface area contributed by atoms with Gasteiger partial charge >= 0.3 is 12.0 Å². The lowest BCUT2D eigenvalue weighted by atomic mass is 9.99. The minimum Gasteiger partial charge on any atom is -0.496 e. The van der Waals surface area contributed by atoms with Crippen molar-refractivity contribution in [1.29, 1.82) is 0 Å². The number of ether oxygens (including phenoxy) is 1. The van der Waals surface area contributed by atoms with Crippen LogP contribution in [0.1, 0.15) is 18.4 Å². The molecule has 0 bridgehead atoms. The molecule has 1 fully saturated rings. The smallest absolute Gasteiger partial charge is 0.321 e. The number of carboxylic acid groups (broad SMARTS) is 1. The van der Waals surface area contributed by atoms with Gasteiger partial charge in [0.25, 0.3) is 0 Å². The number of carbonyl (C=O) groups is 2. The molecule has 6 nitrogen and oxygen atoms in total. The third kappa shape index (κ3) is 3.65. The Balaban J connectivity index is 2.00. The van der Waals surface area contributed by atoms with Crippen LogP contribution in [0.4, 0.5) is 10.5 Å². The van der Waals surface area contributed by atoms with Crippen molar-refractivity contribution in [1.82, 2.24) is 4.90 Å². The maximum absolute atomic E-state index is 12.2. The van der Waals surface area contributed by atoms with Gasteiger partial charge in [0.2, 0.25) is 0 Å². The summed E-state index contributed by atoms with van der Waals surface area (Å²) in [5.74, 6) is -0.549. The number of nitrogens with zero attached hydrogens (tertiary/aromatic N) is 1. The van der Waals surface area contributed by atoms with Crippen LogP contribution in [0, 0.1) is 12.8 Å².